The first kappa shape index (κ1) is 17.0. The summed E-state index contributed by atoms with van der Waals surface area (Å²) in [5, 5.41) is 0. The molecule has 0 bridgehead atoms. The number of sulfonamides is 1. The van der Waals surface area contributed by atoms with E-state index in [1.54, 1.807) is 13.0 Å². The van der Waals surface area contributed by atoms with Crippen molar-refractivity contribution in [2.45, 2.75) is 46.4 Å². The van der Waals surface area contributed by atoms with Crippen LogP contribution in [0.15, 0.2) is 17.0 Å². The van der Waals surface area contributed by atoms with Crippen molar-refractivity contribution in [3.63, 3.8) is 0 Å². The molecule has 1 unspecified atom stereocenters. The second-order valence-electron chi connectivity index (χ2n) is 6.58. The van der Waals surface area contributed by atoms with Crippen LogP contribution < -0.4 is 10.5 Å². The van der Waals surface area contributed by atoms with E-state index >= 15 is 0 Å². The lowest BCUT2D eigenvalue weighted by molar-refractivity contribution is 0.263. The standard InChI is InChI=1S/C15H26N2O2S/c1-10-7-13(16)8-14(12(10)3)20(18,19)17-9-11(2)15(4,5)6/h7-8,11,17H,9,16H2,1-6H3. The molecule has 114 valence electrons. The minimum atomic E-state index is -3.52. The average molecular weight is 298 g/mol. The molecule has 4 nitrogen and oxygen atoms in total. The fraction of sp³-hybridized carbons (Fsp3) is 0.600. The zero-order chi connectivity index (χ0) is 15.7. The molecule has 0 aliphatic heterocycles. The predicted molar refractivity (Wildman–Crippen MR) is 84.1 cm³/mol. The summed E-state index contributed by atoms with van der Waals surface area (Å²) < 4.78 is 27.5. The normalized spacial score (nSPS) is 14.3. The summed E-state index contributed by atoms with van der Waals surface area (Å²) in [6.07, 6.45) is 0. The van der Waals surface area contributed by atoms with Crippen LogP contribution in [0.2, 0.25) is 0 Å². The number of hydrogen-bond donors (Lipinski definition) is 2. The van der Waals surface area contributed by atoms with Gasteiger partial charge < -0.3 is 5.73 Å². The number of nitrogen functional groups attached to an aromatic ring is 1. The minimum absolute atomic E-state index is 0.0587. The van der Waals surface area contributed by atoms with Crippen molar-refractivity contribution in [2.75, 3.05) is 12.3 Å². The molecule has 0 amide bonds. The van der Waals surface area contributed by atoms with Crippen LogP contribution in [0.25, 0.3) is 0 Å². The van der Waals surface area contributed by atoms with E-state index in [-0.39, 0.29) is 16.2 Å². The number of anilines is 1. The Bertz CT molecular complexity index is 587. The predicted octanol–water partition coefficient (Wildman–Crippen LogP) is 2.85. The fourth-order valence-corrected chi connectivity index (χ4v) is 3.23. The Kier molecular flexibility index (Phi) is 4.87. The van der Waals surface area contributed by atoms with Gasteiger partial charge in [-0.1, -0.05) is 27.7 Å². The van der Waals surface area contributed by atoms with Crippen LogP contribution in [0.3, 0.4) is 0 Å². The van der Waals surface area contributed by atoms with Gasteiger partial charge >= 0.3 is 0 Å². The van der Waals surface area contributed by atoms with Gasteiger partial charge in [0.15, 0.2) is 0 Å². The molecule has 1 rings (SSSR count). The Hall–Kier alpha value is -1.07. The molecule has 3 N–H and O–H groups in total. The van der Waals surface area contributed by atoms with Crippen molar-refractivity contribution in [3.8, 4) is 0 Å². The quantitative estimate of drug-likeness (QED) is 0.840. The Labute approximate surface area is 122 Å². The molecule has 1 aromatic carbocycles. The summed E-state index contributed by atoms with van der Waals surface area (Å²) in [5.74, 6) is 0.236. The zero-order valence-corrected chi connectivity index (χ0v) is 14.1. The number of nitrogens with two attached hydrogens (primary N) is 1. The Morgan fingerprint density at radius 3 is 2.30 bits per heavy atom. The van der Waals surface area contributed by atoms with Crippen molar-refractivity contribution >= 4 is 15.7 Å². The largest absolute Gasteiger partial charge is 0.399 e. The van der Waals surface area contributed by atoms with Gasteiger partial charge in [0.05, 0.1) is 4.90 Å². The van der Waals surface area contributed by atoms with Crippen LogP contribution in [0, 0.1) is 25.2 Å². The van der Waals surface area contributed by atoms with Gasteiger partial charge in [-0.25, -0.2) is 13.1 Å². The van der Waals surface area contributed by atoms with Crippen molar-refractivity contribution < 1.29 is 8.42 Å². The lowest BCUT2D eigenvalue weighted by atomic mass is 9.82. The number of rotatable bonds is 4. The molecule has 1 aromatic rings. The molecule has 0 aromatic heterocycles. The van der Waals surface area contributed by atoms with Crippen LogP contribution in [0.4, 0.5) is 5.69 Å². The third-order valence-electron chi connectivity index (χ3n) is 3.99. The molecule has 0 spiro atoms. The summed E-state index contributed by atoms with van der Waals surface area (Å²) in [6, 6.07) is 3.30. The van der Waals surface area contributed by atoms with Gasteiger partial charge in [0.25, 0.3) is 0 Å². The van der Waals surface area contributed by atoms with Gasteiger partial charge in [0.1, 0.15) is 0 Å². The highest BCUT2D eigenvalue weighted by Gasteiger charge is 2.24. The molecule has 0 saturated heterocycles. The summed E-state index contributed by atoms with van der Waals surface area (Å²) in [6.45, 7) is 12.4. The summed E-state index contributed by atoms with van der Waals surface area (Å²) in [5.41, 5.74) is 7.92. The lowest BCUT2D eigenvalue weighted by Crippen LogP contribution is -2.34. The first-order valence-corrected chi connectivity index (χ1v) is 8.30. The molecular weight excluding hydrogens is 272 g/mol. The third-order valence-corrected chi connectivity index (χ3v) is 5.54. The Morgan fingerprint density at radius 2 is 1.80 bits per heavy atom. The molecule has 0 heterocycles. The molecule has 0 fully saturated rings. The Morgan fingerprint density at radius 1 is 1.25 bits per heavy atom. The summed E-state index contributed by atoms with van der Waals surface area (Å²) in [4.78, 5) is 0.274. The van der Waals surface area contributed by atoms with Crippen molar-refractivity contribution in [1.29, 1.82) is 0 Å². The van der Waals surface area contributed by atoms with Crippen LogP contribution in [-0.2, 0) is 10.0 Å². The van der Waals surface area contributed by atoms with Crippen LogP contribution in [-0.4, -0.2) is 15.0 Å². The van der Waals surface area contributed by atoms with Gasteiger partial charge in [-0.05, 0) is 48.4 Å². The molecule has 20 heavy (non-hydrogen) atoms. The molecule has 0 radical (unpaired) electrons. The number of hydrogen-bond acceptors (Lipinski definition) is 3. The topological polar surface area (TPSA) is 72.2 Å². The highest BCUT2D eigenvalue weighted by molar-refractivity contribution is 7.89. The van der Waals surface area contributed by atoms with Gasteiger partial charge in [0.2, 0.25) is 10.0 Å². The number of aryl methyl sites for hydroxylation is 1. The monoisotopic (exact) mass is 298 g/mol. The second-order valence-corrected chi connectivity index (χ2v) is 8.32. The van der Waals surface area contributed by atoms with Gasteiger partial charge in [0, 0.05) is 12.2 Å². The van der Waals surface area contributed by atoms with Gasteiger partial charge in [-0.2, -0.15) is 0 Å². The SMILES string of the molecule is Cc1cc(N)cc(S(=O)(=O)NCC(C)C(C)(C)C)c1C. The summed E-state index contributed by atoms with van der Waals surface area (Å²) in [7, 11) is -3.52. The van der Waals surface area contributed by atoms with E-state index in [0.29, 0.717) is 12.2 Å². The smallest absolute Gasteiger partial charge is 0.240 e. The van der Waals surface area contributed by atoms with Gasteiger partial charge in [-0.15, -0.1) is 0 Å². The first-order valence-electron chi connectivity index (χ1n) is 6.81. The summed E-state index contributed by atoms with van der Waals surface area (Å²) >= 11 is 0. The molecule has 0 aliphatic rings. The van der Waals surface area contributed by atoms with E-state index in [2.05, 4.69) is 25.5 Å². The van der Waals surface area contributed by atoms with Crippen LogP contribution in [0.1, 0.15) is 38.8 Å². The van der Waals surface area contributed by atoms with Crippen molar-refractivity contribution in [2.24, 2.45) is 11.3 Å². The lowest BCUT2D eigenvalue weighted by Gasteiger charge is -2.27. The van der Waals surface area contributed by atoms with E-state index in [0.717, 1.165) is 11.1 Å². The number of nitrogens with one attached hydrogen (secondary N) is 1. The molecule has 5 heteroatoms. The maximum atomic E-state index is 12.4. The maximum absolute atomic E-state index is 12.4. The van der Waals surface area contributed by atoms with E-state index in [4.69, 9.17) is 5.73 Å². The van der Waals surface area contributed by atoms with Crippen LogP contribution in [0.5, 0.6) is 0 Å². The maximum Gasteiger partial charge on any atom is 0.240 e. The minimum Gasteiger partial charge on any atom is -0.399 e. The second kappa shape index (κ2) is 5.74. The zero-order valence-electron chi connectivity index (χ0n) is 13.2. The van der Waals surface area contributed by atoms with E-state index < -0.39 is 10.0 Å². The van der Waals surface area contributed by atoms with Gasteiger partial charge in [-0.3, -0.25) is 0 Å². The van der Waals surface area contributed by atoms with Crippen molar-refractivity contribution in [3.05, 3.63) is 23.3 Å². The molecule has 1 atom stereocenters. The highest BCUT2D eigenvalue weighted by atomic mass is 32.2. The average Bonchev–Trinajstić information content (AvgIpc) is 2.29. The van der Waals surface area contributed by atoms with E-state index in [1.807, 2.05) is 13.8 Å². The number of benzene rings is 1. The van der Waals surface area contributed by atoms with Crippen LogP contribution >= 0.6 is 0 Å². The van der Waals surface area contributed by atoms with E-state index in [9.17, 15) is 8.42 Å². The first-order chi connectivity index (χ1) is 8.95. The Balaban J connectivity index is 3.02. The molecule has 0 aliphatic carbocycles. The highest BCUT2D eigenvalue weighted by Crippen LogP contribution is 2.26. The molecular formula is C15H26N2O2S. The van der Waals surface area contributed by atoms with Crippen molar-refractivity contribution in [1.82, 2.24) is 4.72 Å². The molecule has 0 saturated carbocycles. The van der Waals surface area contributed by atoms with E-state index in [1.165, 1.54) is 6.07 Å². The fourth-order valence-electron chi connectivity index (χ4n) is 1.75. The third kappa shape index (κ3) is 3.96.